The highest BCUT2D eigenvalue weighted by Crippen LogP contribution is 2.24. The molecule has 15 heavy (non-hydrogen) atoms. The standard InChI is InChI=1S/C12H28N2O/c1-7-12(4,8-13-5)9-14(6)11(2,3)10-15/h13,15H,7-10H2,1-6H3. The Morgan fingerprint density at radius 2 is 1.80 bits per heavy atom. The molecule has 0 amide bonds. The van der Waals surface area contributed by atoms with Gasteiger partial charge in [0.05, 0.1) is 6.61 Å². The van der Waals surface area contributed by atoms with E-state index in [9.17, 15) is 5.11 Å². The molecule has 3 nitrogen and oxygen atoms in total. The number of hydrogen-bond donors (Lipinski definition) is 2. The van der Waals surface area contributed by atoms with Crippen molar-refractivity contribution in [3.05, 3.63) is 0 Å². The van der Waals surface area contributed by atoms with Crippen LogP contribution in [0.3, 0.4) is 0 Å². The van der Waals surface area contributed by atoms with Gasteiger partial charge in [0.1, 0.15) is 0 Å². The van der Waals surface area contributed by atoms with Crippen LogP contribution in [0.4, 0.5) is 0 Å². The average molecular weight is 216 g/mol. The molecule has 2 N–H and O–H groups in total. The van der Waals surface area contributed by atoms with Gasteiger partial charge in [-0.25, -0.2) is 0 Å². The van der Waals surface area contributed by atoms with E-state index in [1.807, 2.05) is 7.05 Å². The van der Waals surface area contributed by atoms with Gasteiger partial charge in [-0.1, -0.05) is 13.8 Å². The quantitative estimate of drug-likeness (QED) is 0.674. The first-order chi connectivity index (χ1) is 6.81. The number of aliphatic hydroxyl groups is 1. The Hall–Kier alpha value is -0.120. The van der Waals surface area contributed by atoms with E-state index in [1.54, 1.807) is 0 Å². The molecule has 92 valence electrons. The van der Waals surface area contributed by atoms with Crippen molar-refractivity contribution in [1.29, 1.82) is 0 Å². The Labute approximate surface area is 94.9 Å². The van der Waals surface area contributed by atoms with E-state index >= 15 is 0 Å². The van der Waals surface area contributed by atoms with Crippen molar-refractivity contribution >= 4 is 0 Å². The smallest absolute Gasteiger partial charge is 0.0609 e. The average Bonchev–Trinajstić information content (AvgIpc) is 2.18. The molecule has 0 rings (SSSR count). The molecule has 0 fully saturated rings. The van der Waals surface area contributed by atoms with Crippen molar-refractivity contribution in [1.82, 2.24) is 10.2 Å². The van der Waals surface area contributed by atoms with Crippen LogP contribution in [-0.4, -0.2) is 49.3 Å². The number of rotatable bonds is 7. The van der Waals surface area contributed by atoms with Crippen molar-refractivity contribution < 1.29 is 5.11 Å². The third-order valence-electron chi connectivity index (χ3n) is 3.50. The molecule has 0 aromatic rings. The summed E-state index contributed by atoms with van der Waals surface area (Å²) in [5.74, 6) is 0. The summed E-state index contributed by atoms with van der Waals surface area (Å²) in [6.07, 6.45) is 1.14. The van der Waals surface area contributed by atoms with E-state index in [1.165, 1.54) is 0 Å². The van der Waals surface area contributed by atoms with Crippen molar-refractivity contribution in [3.8, 4) is 0 Å². The molecule has 0 aliphatic heterocycles. The van der Waals surface area contributed by atoms with Gasteiger partial charge in [0.15, 0.2) is 0 Å². The van der Waals surface area contributed by atoms with E-state index in [-0.39, 0.29) is 17.6 Å². The summed E-state index contributed by atoms with van der Waals surface area (Å²) < 4.78 is 0. The fourth-order valence-electron chi connectivity index (χ4n) is 1.63. The first kappa shape index (κ1) is 14.9. The molecule has 0 saturated carbocycles. The minimum absolute atomic E-state index is 0.135. The zero-order valence-corrected chi connectivity index (χ0v) is 11.2. The van der Waals surface area contributed by atoms with Crippen molar-refractivity contribution in [3.63, 3.8) is 0 Å². The Morgan fingerprint density at radius 1 is 1.27 bits per heavy atom. The number of hydrogen-bond acceptors (Lipinski definition) is 3. The molecular formula is C12H28N2O. The number of nitrogens with zero attached hydrogens (tertiary/aromatic N) is 1. The molecule has 0 spiro atoms. The van der Waals surface area contributed by atoms with Crippen LogP contribution >= 0.6 is 0 Å². The summed E-state index contributed by atoms with van der Waals surface area (Å²) in [4.78, 5) is 2.24. The Bertz CT molecular complexity index is 182. The van der Waals surface area contributed by atoms with Crippen LogP contribution in [0.15, 0.2) is 0 Å². The first-order valence-corrected chi connectivity index (χ1v) is 5.78. The maximum atomic E-state index is 9.31. The number of likely N-dealkylation sites (N-methyl/N-ethyl adjacent to an activating group) is 1. The fraction of sp³-hybridized carbons (Fsp3) is 1.00. The van der Waals surface area contributed by atoms with Crippen LogP contribution in [0, 0.1) is 5.41 Å². The zero-order valence-electron chi connectivity index (χ0n) is 11.2. The highest BCUT2D eigenvalue weighted by atomic mass is 16.3. The molecule has 1 unspecified atom stereocenters. The fourth-order valence-corrected chi connectivity index (χ4v) is 1.63. The van der Waals surface area contributed by atoms with E-state index in [0.717, 1.165) is 19.5 Å². The molecule has 0 heterocycles. The molecule has 1 atom stereocenters. The zero-order chi connectivity index (χ0) is 12.1. The second-order valence-electron chi connectivity index (χ2n) is 5.52. The highest BCUT2D eigenvalue weighted by molar-refractivity contribution is 4.85. The lowest BCUT2D eigenvalue weighted by atomic mass is 9.85. The largest absolute Gasteiger partial charge is 0.394 e. The summed E-state index contributed by atoms with van der Waals surface area (Å²) in [5.41, 5.74) is 0.139. The minimum atomic E-state index is -0.135. The minimum Gasteiger partial charge on any atom is -0.394 e. The summed E-state index contributed by atoms with van der Waals surface area (Å²) in [6.45, 7) is 10.9. The van der Waals surface area contributed by atoms with Gasteiger partial charge in [0, 0.05) is 18.6 Å². The number of nitrogens with one attached hydrogen (secondary N) is 1. The van der Waals surface area contributed by atoms with Gasteiger partial charge in [0.2, 0.25) is 0 Å². The van der Waals surface area contributed by atoms with Crippen molar-refractivity contribution in [2.45, 2.75) is 39.7 Å². The molecule has 0 saturated heterocycles. The van der Waals surface area contributed by atoms with Crippen LogP contribution < -0.4 is 5.32 Å². The van der Waals surface area contributed by atoms with Crippen LogP contribution in [0.25, 0.3) is 0 Å². The normalized spacial score (nSPS) is 16.8. The van der Waals surface area contributed by atoms with Gasteiger partial charge in [-0.2, -0.15) is 0 Å². The van der Waals surface area contributed by atoms with Gasteiger partial charge in [-0.15, -0.1) is 0 Å². The molecule has 0 aliphatic rings. The molecule has 0 bridgehead atoms. The first-order valence-electron chi connectivity index (χ1n) is 5.78. The molecule has 0 aromatic heterocycles. The van der Waals surface area contributed by atoms with E-state index in [4.69, 9.17) is 0 Å². The predicted octanol–water partition coefficient (Wildman–Crippen LogP) is 1.32. The van der Waals surface area contributed by atoms with Gasteiger partial charge in [-0.3, -0.25) is 4.90 Å². The Kier molecular flexibility index (Phi) is 5.78. The lowest BCUT2D eigenvalue weighted by Crippen LogP contribution is -2.50. The lowest BCUT2D eigenvalue weighted by molar-refractivity contribution is 0.0444. The Balaban J connectivity index is 4.41. The van der Waals surface area contributed by atoms with Crippen LogP contribution in [0.5, 0.6) is 0 Å². The van der Waals surface area contributed by atoms with Gasteiger partial charge < -0.3 is 10.4 Å². The maximum absolute atomic E-state index is 9.31. The third-order valence-corrected chi connectivity index (χ3v) is 3.50. The van der Waals surface area contributed by atoms with Crippen molar-refractivity contribution in [2.24, 2.45) is 5.41 Å². The van der Waals surface area contributed by atoms with Crippen LogP contribution in [0.2, 0.25) is 0 Å². The van der Waals surface area contributed by atoms with E-state index in [0.29, 0.717) is 0 Å². The summed E-state index contributed by atoms with van der Waals surface area (Å²) in [7, 11) is 4.07. The summed E-state index contributed by atoms with van der Waals surface area (Å²) >= 11 is 0. The monoisotopic (exact) mass is 216 g/mol. The van der Waals surface area contributed by atoms with Crippen LogP contribution in [0.1, 0.15) is 34.1 Å². The second kappa shape index (κ2) is 5.83. The van der Waals surface area contributed by atoms with Gasteiger partial charge in [0.25, 0.3) is 0 Å². The highest BCUT2D eigenvalue weighted by Gasteiger charge is 2.30. The summed E-state index contributed by atoms with van der Waals surface area (Å²) in [5, 5.41) is 12.6. The molecule has 0 radical (unpaired) electrons. The molecule has 3 heteroatoms. The maximum Gasteiger partial charge on any atom is 0.0609 e. The topological polar surface area (TPSA) is 35.5 Å². The van der Waals surface area contributed by atoms with Gasteiger partial charge in [-0.05, 0) is 39.8 Å². The van der Waals surface area contributed by atoms with E-state index < -0.39 is 0 Å². The SMILES string of the molecule is CCC(C)(CNC)CN(C)C(C)(C)CO. The lowest BCUT2D eigenvalue weighted by Gasteiger charge is -2.40. The van der Waals surface area contributed by atoms with E-state index in [2.05, 4.69) is 45.0 Å². The number of aliphatic hydroxyl groups excluding tert-OH is 1. The second-order valence-corrected chi connectivity index (χ2v) is 5.52. The Morgan fingerprint density at radius 3 is 2.13 bits per heavy atom. The third kappa shape index (κ3) is 4.49. The summed E-state index contributed by atoms with van der Waals surface area (Å²) in [6, 6.07) is 0. The predicted molar refractivity (Wildman–Crippen MR) is 66.1 cm³/mol. The molecule has 0 aliphatic carbocycles. The molecular weight excluding hydrogens is 188 g/mol. The van der Waals surface area contributed by atoms with Crippen LogP contribution in [-0.2, 0) is 0 Å². The molecule has 0 aromatic carbocycles. The van der Waals surface area contributed by atoms with Gasteiger partial charge >= 0.3 is 0 Å². The van der Waals surface area contributed by atoms with Crippen molar-refractivity contribution in [2.75, 3.05) is 33.8 Å².